The highest BCUT2D eigenvalue weighted by molar-refractivity contribution is 6.30. The Morgan fingerprint density at radius 2 is 2.00 bits per heavy atom. The van der Waals surface area contributed by atoms with Gasteiger partial charge in [-0.1, -0.05) is 35.9 Å². The molecule has 0 bridgehead atoms. The molecule has 0 saturated heterocycles. The van der Waals surface area contributed by atoms with Gasteiger partial charge in [0, 0.05) is 34.6 Å². The summed E-state index contributed by atoms with van der Waals surface area (Å²) in [7, 11) is 1.57. The number of halogens is 2. The number of H-pyrrole nitrogens is 1. The molecule has 0 radical (unpaired) electrons. The normalized spacial score (nSPS) is 17.4. The van der Waals surface area contributed by atoms with Crippen molar-refractivity contribution >= 4 is 28.5 Å². The molecule has 0 saturated carbocycles. The van der Waals surface area contributed by atoms with Crippen molar-refractivity contribution in [1.82, 2.24) is 10.3 Å². The molecule has 0 aliphatic carbocycles. The van der Waals surface area contributed by atoms with Gasteiger partial charge in [-0.15, -0.1) is 0 Å². The lowest BCUT2D eigenvalue weighted by atomic mass is 9.89. The predicted octanol–water partition coefficient (Wildman–Crippen LogP) is 5.24. The monoisotopic (exact) mass is 480 g/mol. The van der Waals surface area contributed by atoms with E-state index in [0.717, 1.165) is 33.3 Å². The van der Waals surface area contributed by atoms with Crippen LogP contribution in [0.1, 0.15) is 28.4 Å². The molecule has 6 nitrogen and oxygen atoms in total. The molecule has 2 atom stereocenters. The lowest BCUT2D eigenvalue weighted by Gasteiger charge is -2.30. The van der Waals surface area contributed by atoms with Crippen LogP contribution in [0.15, 0.2) is 60.7 Å². The van der Waals surface area contributed by atoms with Crippen LogP contribution < -0.4 is 14.8 Å². The minimum atomic E-state index is -0.897. The number of aromatic amines is 1. The fraction of sp³-hybridized carbons (Fsp3) is 0.192. The number of carbonyl (C=O) groups is 1. The molecule has 34 heavy (non-hydrogen) atoms. The molecular weight excluding hydrogens is 459 g/mol. The summed E-state index contributed by atoms with van der Waals surface area (Å²) in [5, 5.41) is 14.1. The number of fused-ring (bicyclic) bond motifs is 3. The highest BCUT2D eigenvalue weighted by Gasteiger charge is 2.34. The van der Waals surface area contributed by atoms with Crippen molar-refractivity contribution in [2.75, 3.05) is 7.11 Å². The van der Waals surface area contributed by atoms with Crippen molar-refractivity contribution in [3.63, 3.8) is 0 Å². The largest absolute Gasteiger partial charge is 0.496 e. The average molecular weight is 481 g/mol. The number of benzene rings is 3. The summed E-state index contributed by atoms with van der Waals surface area (Å²) in [4.78, 5) is 15.4. The van der Waals surface area contributed by atoms with Crippen LogP contribution in [-0.2, 0) is 17.8 Å². The van der Waals surface area contributed by atoms with Gasteiger partial charge in [0.05, 0.1) is 18.2 Å². The van der Waals surface area contributed by atoms with Gasteiger partial charge in [0.25, 0.3) is 0 Å². The highest BCUT2D eigenvalue weighted by atomic mass is 35.5. The van der Waals surface area contributed by atoms with Crippen LogP contribution in [0.2, 0.25) is 5.02 Å². The van der Waals surface area contributed by atoms with Gasteiger partial charge in [0.2, 0.25) is 0 Å². The zero-order valence-corrected chi connectivity index (χ0v) is 19.0. The zero-order valence-electron chi connectivity index (χ0n) is 18.3. The number of rotatable bonds is 6. The molecular formula is C26H22ClFN2O4. The Morgan fingerprint density at radius 1 is 1.18 bits per heavy atom. The maximum Gasteiger partial charge on any atom is 0.321 e. The summed E-state index contributed by atoms with van der Waals surface area (Å²) in [5.74, 6) is -0.358. The Morgan fingerprint density at radius 3 is 2.76 bits per heavy atom. The summed E-state index contributed by atoms with van der Waals surface area (Å²) >= 11 is 5.86. The Balaban J connectivity index is 1.51. The summed E-state index contributed by atoms with van der Waals surface area (Å²) < 4.78 is 24.8. The molecule has 0 unspecified atom stereocenters. The van der Waals surface area contributed by atoms with Gasteiger partial charge in [-0.2, -0.15) is 0 Å². The van der Waals surface area contributed by atoms with Gasteiger partial charge in [0.15, 0.2) is 0 Å². The van der Waals surface area contributed by atoms with E-state index in [4.69, 9.17) is 21.1 Å². The van der Waals surface area contributed by atoms with E-state index in [1.807, 2.05) is 42.5 Å². The van der Waals surface area contributed by atoms with Gasteiger partial charge in [-0.25, -0.2) is 4.39 Å². The van der Waals surface area contributed by atoms with Gasteiger partial charge >= 0.3 is 5.97 Å². The SMILES string of the molecule is COc1ccc([C@H]2N[C@H](C(=O)O)Cc3c2[nH]c2ccccc32)cc1COc1ccc(F)c(Cl)c1. The third-order valence-corrected chi connectivity index (χ3v) is 6.42. The second-order valence-corrected chi connectivity index (χ2v) is 8.60. The number of para-hydroxylation sites is 1. The molecule has 3 aromatic carbocycles. The Kier molecular flexibility index (Phi) is 5.89. The first-order chi connectivity index (χ1) is 16.4. The second kappa shape index (κ2) is 9.00. The van der Waals surface area contributed by atoms with Gasteiger partial charge in [-0.3, -0.25) is 10.1 Å². The van der Waals surface area contributed by atoms with Crippen LogP contribution in [0.4, 0.5) is 4.39 Å². The minimum Gasteiger partial charge on any atom is -0.496 e. The van der Waals surface area contributed by atoms with Crippen LogP contribution in [0.5, 0.6) is 11.5 Å². The van der Waals surface area contributed by atoms with Crippen LogP contribution in [-0.4, -0.2) is 29.2 Å². The number of carboxylic acid groups (broad SMARTS) is 1. The van der Waals surface area contributed by atoms with E-state index in [2.05, 4.69) is 10.3 Å². The van der Waals surface area contributed by atoms with Crippen LogP contribution in [0, 0.1) is 5.82 Å². The van der Waals surface area contributed by atoms with Crippen molar-refractivity contribution < 1.29 is 23.8 Å². The van der Waals surface area contributed by atoms with E-state index in [1.54, 1.807) is 7.11 Å². The summed E-state index contributed by atoms with van der Waals surface area (Å²) in [6.07, 6.45) is 0.391. The van der Waals surface area contributed by atoms with E-state index in [1.165, 1.54) is 18.2 Å². The molecule has 174 valence electrons. The lowest BCUT2D eigenvalue weighted by Crippen LogP contribution is -2.45. The first-order valence-electron chi connectivity index (χ1n) is 10.8. The van der Waals surface area contributed by atoms with E-state index in [9.17, 15) is 14.3 Å². The highest BCUT2D eigenvalue weighted by Crippen LogP contribution is 2.36. The van der Waals surface area contributed by atoms with Crippen molar-refractivity contribution in [3.05, 3.63) is 93.9 Å². The van der Waals surface area contributed by atoms with Crippen molar-refractivity contribution in [1.29, 1.82) is 0 Å². The average Bonchev–Trinajstić information content (AvgIpc) is 3.22. The maximum absolute atomic E-state index is 13.5. The standard InChI is InChI=1S/C26H22ClFN2O4/c1-33-23-9-6-14(10-15(23)13-34-16-7-8-20(28)19(27)11-16)24-25-18(12-22(30-24)26(31)32)17-4-2-3-5-21(17)29-25/h2-11,22,24,29-30H,12-13H2,1H3,(H,31,32)/t22-,24+/m0/s1. The first-order valence-corrected chi connectivity index (χ1v) is 11.2. The van der Waals surface area contributed by atoms with Gasteiger partial charge < -0.3 is 19.6 Å². The Labute approximate surface area is 200 Å². The smallest absolute Gasteiger partial charge is 0.321 e. The topological polar surface area (TPSA) is 83.6 Å². The van der Waals surface area contributed by atoms with Gasteiger partial charge in [0.1, 0.15) is 30.0 Å². The van der Waals surface area contributed by atoms with Gasteiger partial charge in [-0.05, 0) is 41.5 Å². The third-order valence-electron chi connectivity index (χ3n) is 6.13. The summed E-state index contributed by atoms with van der Waals surface area (Å²) in [5.41, 5.74) is 4.55. The Bertz CT molecular complexity index is 1390. The van der Waals surface area contributed by atoms with Crippen molar-refractivity contribution in [2.24, 2.45) is 0 Å². The molecule has 1 aromatic heterocycles. The molecule has 3 N–H and O–H groups in total. The molecule has 0 spiro atoms. The number of hydrogen-bond acceptors (Lipinski definition) is 4. The third kappa shape index (κ3) is 4.08. The summed E-state index contributed by atoms with van der Waals surface area (Å²) in [6.45, 7) is 0.160. The van der Waals surface area contributed by atoms with Crippen molar-refractivity contribution in [2.45, 2.75) is 25.1 Å². The fourth-order valence-electron chi connectivity index (χ4n) is 4.47. The molecule has 0 amide bonds. The number of methoxy groups -OCH3 is 1. The number of hydrogen-bond donors (Lipinski definition) is 3. The molecule has 0 fully saturated rings. The molecule has 8 heteroatoms. The predicted molar refractivity (Wildman–Crippen MR) is 127 cm³/mol. The Hall–Kier alpha value is -3.55. The second-order valence-electron chi connectivity index (χ2n) is 8.19. The zero-order chi connectivity index (χ0) is 23.8. The van der Waals surface area contributed by atoms with E-state index >= 15 is 0 Å². The number of aromatic nitrogens is 1. The maximum atomic E-state index is 13.5. The number of carboxylic acids is 1. The quantitative estimate of drug-likeness (QED) is 0.351. The molecule has 5 rings (SSSR count). The van der Waals surface area contributed by atoms with E-state index < -0.39 is 17.8 Å². The first kappa shape index (κ1) is 22.3. The number of ether oxygens (including phenoxy) is 2. The fourth-order valence-corrected chi connectivity index (χ4v) is 4.65. The van der Waals surface area contributed by atoms with Crippen molar-refractivity contribution in [3.8, 4) is 11.5 Å². The minimum absolute atomic E-state index is 0.0179. The van der Waals surface area contributed by atoms with Crippen LogP contribution >= 0.6 is 11.6 Å². The lowest BCUT2D eigenvalue weighted by molar-refractivity contribution is -0.139. The summed E-state index contributed by atoms with van der Waals surface area (Å²) in [6, 6.07) is 16.7. The molecule has 1 aliphatic rings. The number of nitrogens with one attached hydrogen (secondary N) is 2. The van der Waals surface area contributed by atoms with Crippen LogP contribution in [0.3, 0.4) is 0 Å². The van der Waals surface area contributed by atoms with Crippen LogP contribution in [0.25, 0.3) is 10.9 Å². The number of aliphatic carboxylic acids is 1. The molecule has 2 heterocycles. The van der Waals surface area contributed by atoms with E-state index in [-0.39, 0.29) is 17.7 Å². The molecule has 1 aliphatic heterocycles. The van der Waals surface area contributed by atoms with E-state index in [0.29, 0.717) is 17.9 Å². The molecule has 4 aromatic rings.